The van der Waals surface area contributed by atoms with Crippen LogP contribution in [0.2, 0.25) is 0 Å². The third kappa shape index (κ3) is 2.94. The number of nitrogens with two attached hydrogens (primary N) is 1. The summed E-state index contributed by atoms with van der Waals surface area (Å²) in [4.78, 5) is 0. The Hall–Kier alpha value is -0.170. The van der Waals surface area contributed by atoms with Crippen LogP contribution in [0.5, 0.6) is 0 Å². The fourth-order valence-corrected chi connectivity index (χ4v) is 3.67. The Bertz CT molecular complexity index is 338. The Morgan fingerprint density at radius 1 is 1.38 bits per heavy atom. The van der Waals surface area contributed by atoms with Crippen LogP contribution >= 0.6 is 0 Å². The molecular weight excluding hydrogens is 226 g/mol. The van der Waals surface area contributed by atoms with Crippen LogP contribution in [0.4, 0.5) is 0 Å². The summed E-state index contributed by atoms with van der Waals surface area (Å²) < 4.78 is 28.2. The Morgan fingerprint density at radius 3 is 2.62 bits per heavy atom. The Balaban J connectivity index is 1.97. The maximum Gasteiger partial charge on any atom is 0.279 e. The summed E-state index contributed by atoms with van der Waals surface area (Å²) in [5.41, 5.74) is 5.84. The molecule has 2 unspecified atom stereocenters. The molecule has 94 valence electrons. The molecular formula is C10H21N3O2S. The summed E-state index contributed by atoms with van der Waals surface area (Å²) in [5, 5.41) is 0. The molecule has 0 bridgehead atoms. The molecule has 0 aromatic carbocycles. The molecule has 1 aliphatic carbocycles. The number of nitrogens with zero attached hydrogens (tertiary/aromatic N) is 1. The number of rotatable bonds is 4. The highest BCUT2D eigenvalue weighted by Crippen LogP contribution is 2.24. The average Bonchev–Trinajstić information content (AvgIpc) is 3.01. The number of hydrogen-bond acceptors (Lipinski definition) is 3. The molecule has 2 fully saturated rings. The molecule has 0 spiro atoms. The van der Waals surface area contributed by atoms with Crippen molar-refractivity contribution >= 4 is 10.2 Å². The molecule has 5 nitrogen and oxygen atoms in total. The van der Waals surface area contributed by atoms with Crippen molar-refractivity contribution in [3.63, 3.8) is 0 Å². The van der Waals surface area contributed by atoms with Gasteiger partial charge in [-0.3, -0.25) is 0 Å². The van der Waals surface area contributed by atoms with Crippen LogP contribution < -0.4 is 10.5 Å². The number of nitrogens with one attached hydrogen (secondary N) is 1. The van der Waals surface area contributed by atoms with E-state index in [2.05, 4.69) is 4.72 Å². The molecule has 1 heterocycles. The normalized spacial score (nSPS) is 30.2. The maximum atomic E-state index is 12.0. The van der Waals surface area contributed by atoms with E-state index >= 15 is 0 Å². The summed E-state index contributed by atoms with van der Waals surface area (Å²) in [5.74, 6) is 0.296. The first-order valence-electron chi connectivity index (χ1n) is 6.02. The molecule has 2 aliphatic rings. The third-order valence-electron chi connectivity index (χ3n) is 3.40. The molecule has 0 radical (unpaired) electrons. The van der Waals surface area contributed by atoms with Gasteiger partial charge in [-0.05, 0) is 38.5 Å². The molecule has 2 rings (SSSR count). The Labute approximate surface area is 97.6 Å². The van der Waals surface area contributed by atoms with E-state index in [1.807, 2.05) is 6.92 Å². The second-order valence-electron chi connectivity index (χ2n) is 5.02. The van der Waals surface area contributed by atoms with Gasteiger partial charge in [-0.15, -0.1) is 0 Å². The van der Waals surface area contributed by atoms with Gasteiger partial charge in [-0.2, -0.15) is 17.4 Å². The molecule has 2 atom stereocenters. The van der Waals surface area contributed by atoms with E-state index in [4.69, 9.17) is 5.73 Å². The first-order valence-corrected chi connectivity index (χ1v) is 7.46. The monoisotopic (exact) mass is 247 g/mol. The third-order valence-corrected chi connectivity index (χ3v) is 5.04. The average molecular weight is 247 g/mol. The molecule has 0 amide bonds. The highest BCUT2D eigenvalue weighted by atomic mass is 32.2. The number of hydrogen-bond donors (Lipinski definition) is 2. The van der Waals surface area contributed by atoms with Gasteiger partial charge in [0.05, 0.1) is 0 Å². The molecule has 1 saturated heterocycles. The van der Waals surface area contributed by atoms with Gasteiger partial charge in [0, 0.05) is 25.2 Å². The van der Waals surface area contributed by atoms with E-state index in [1.54, 1.807) is 4.31 Å². The predicted octanol–water partition coefficient (Wildman–Crippen LogP) is 0.0424. The zero-order valence-corrected chi connectivity index (χ0v) is 10.5. The number of piperidine rings is 1. The SMILES string of the molecule is CC(N)C1CCCN(S(=O)(=O)NC2CC2)C1. The summed E-state index contributed by atoms with van der Waals surface area (Å²) in [7, 11) is -3.26. The lowest BCUT2D eigenvalue weighted by atomic mass is 9.93. The molecule has 1 aliphatic heterocycles. The van der Waals surface area contributed by atoms with E-state index in [-0.39, 0.29) is 12.1 Å². The van der Waals surface area contributed by atoms with Crippen LogP contribution in [0, 0.1) is 5.92 Å². The quantitative estimate of drug-likeness (QED) is 0.736. The van der Waals surface area contributed by atoms with Crippen molar-refractivity contribution in [1.82, 2.24) is 9.03 Å². The van der Waals surface area contributed by atoms with Crippen LogP contribution in [0.25, 0.3) is 0 Å². The van der Waals surface area contributed by atoms with Crippen LogP contribution in [-0.4, -0.2) is 37.9 Å². The van der Waals surface area contributed by atoms with Crippen LogP contribution in [-0.2, 0) is 10.2 Å². The Kier molecular flexibility index (Phi) is 3.53. The fraction of sp³-hybridized carbons (Fsp3) is 1.00. The molecule has 3 N–H and O–H groups in total. The highest BCUT2D eigenvalue weighted by molar-refractivity contribution is 7.87. The van der Waals surface area contributed by atoms with Crippen LogP contribution in [0.15, 0.2) is 0 Å². The van der Waals surface area contributed by atoms with Crippen molar-refractivity contribution in [3.8, 4) is 0 Å². The lowest BCUT2D eigenvalue weighted by molar-refractivity contribution is 0.241. The van der Waals surface area contributed by atoms with Crippen LogP contribution in [0.1, 0.15) is 32.6 Å². The van der Waals surface area contributed by atoms with Gasteiger partial charge in [-0.1, -0.05) is 0 Å². The lowest BCUT2D eigenvalue weighted by Gasteiger charge is -2.33. The molecule has 1 saturated carbocycles. The zero-order chi connectivity index (χ0) is 11.8. The van der Waals surface area contributed by atoms with Gasteiger partial charge in [0.25, 0.3) is 10.2 Å². The first-order chi connectivity index (χ1) is 7.49. The highest BCUT2D eigenvalue weighted by Gasteiger charge is 2.34. The van der Waals surface area contributed by atoms with Crippen molar-refractivity contribution in [3.05, 3.63) is 0 Å². The van der Waals surface area contributed by atoms with Crippen molar-refractivity contribution < 1.29 is 8.42 Å². The smallest absolute Gasteiger partial charge is 0.279 e. The minimum Gasteiger partial charge on any atom is -0.328 e. The van der Waals surface area contributed by atoms with Gasteiger partial charge in [0.1, 0.15) is 0 Å². The molecule has 16 heavy (non-hydrogen) atoms. The molecule has 0 aromatic heterocycles. The van der Waals surface area contributed by atoms with E-state index in [0.29, 0.717) is 19.0 Å². The second kappa shape index (κ2) is 4.60. The summed E-state index contributed by atoms with van der Waals surface area (Å²) in [6.07, 6.45) is 3.90. The Morgan fingerprint density at radius 2 is 2.06 bits per heavy atom. The summed E-state index contributed by atoms with van der Waals surface area (Å²) in [6, 6.07) is 0.250. The van der Waals surface area contributed by atoms with Gasteiger partial charge in [-0.25, -0.2) is 0 Å². The van der Waals surface area contributed by atoms with Gasteiger partial charge >= 0.3 is 0 Å². The minimum atomic E-state index is -3.26. The van der Waals surface area contributed by atoms with Crippen molar-refractivity contribution in [2.24, 2.45) is 11.7 Å². The second-order valence-corrected chi connectivity index (χ2v) is 6.72. The lowest BCUT2D eigenvalue weighted by Crippen LogP contribution is -2.49. The van der Waals surface area contributed by atoms with Crippen molar-refractivity contribution in [2.45, 2.75) is 44.7 Å². The van der Waals surface area contributed by atoms with Gasteiger partial charge in [0.2, 0.25) is 0 Å². The standard InChI is InChI=1S/C10H21N3O2S/c1-8(11)9-3-2-6-13(7-9)16(14,15)12-10-4-5-10/h8-10,12H,2-7,11H2,1H3. The van der Waals surface area contributed by atoms with E-state index in [9.17, 15) is 8.42 Å². The van der Waals surface area contributed by atoms with Crippen LogP contribution in [0.3, 0.4) is 0 Å². The molecule has 0 aromatic rings. The topological polar surface area (TPSA) is 75.4 Å². The van der Waals surface area contributed by atoms with Crippen molar-refractivity contribution in [2.75, 3.05) is 13.1 Å². The molecule has 6 heteroatoms. The van der Waals surface area contributed by atoms with E-state index in [1.165, 1.54) is 0 Å². The van der Waals surface area contributed by atoms with E-state index in [0.717, 1.165) is 25.7 Å². The maximum absolute atomic E-state index is 12.0. The zero-order valence-electron chi connectivity index (χ0n) is 9.72. The first kappa shape index (κ1) is 12.3. The van der Waals surface area contributed by atoms with Gasteiger partial charge in [0.15, 0.2) is 0 Å². The predicted molar refractivity (Wildman–Crippen MR) is 63.0 cm³/mol. The van der Waals surface area contributed by atoms with Crippen molar-refractivity contribution in [1.29, 1.82) is 0 Å². The summed E-state index contributed by atoms with van der Waals surface area (Å²) in [6.45, 7) is 3.15. The van der Waals surface area contributed by atoms with Gasteiger partial charge < -0.3 is 5.73 Å². The fourth-order valence-electron chi connectivity index (χ4n) is 2.11. The minimum absolute atomic E-state index is 0.0684. The summed E-state index contributed by atoms with van der Waals surface area (Å²) >= 11 is 0. The van der Waals surface area contributed by atoms with E-state index < -0.39 is 10.2 Å². The largest absolute Gasteiger partial charge is 0.328 e.